The van der Waals surface area contributed by atoms with E-state index in [4.69, 9.17) is 19.3 Å². The van der Waals surface area contributed by atoms with E-state index in [9.17, 15) is 19.5 Å². The first kappa shape index (κ1) is 25.0. The summed E-state index contributed by atoms with van der Waals surface area (Å²) in [5.74, 6) is -2.03. The Morgan fingerprint density at radius 2 is 1.84 bits per heavy atom. The van der Waals surface area contributed by atoms with Crippen LogP contribution in [0, 0.1) is 0 Å². The van der Waals surface area contributed by atoms with E-state index < -0.39 is 24.5 Å². The molecular formula is C22H25NO8S. The molecule has 0 saturated heterocycles. The molecule has 1 aromatic rings. The molecule has 2 N–H and O–H groups in total. The first-order chi connectivity index (χ1) is 15.3. The molecule has 0 spiro atoms. The summed E-state index contributed by atoms with van der Waals surface area (Å²) < 4.78 is 15.8. The van der Waals surface area contributed by atoms with Gasteiger partial charge in [-0.15, -0.1) is 0 Å². The Hall–Kier alpha value is -3.27. The number of aliphatic carboxylic acids is 1. The number of carboxylic acids is 1. The number of amides is 1. The molecule has 1 aromatic carbocycles. The summed E-state index contributed by atoms with van der Waals surface area (Å²) in [5, 5.41) is 19.6. The Morgan fingerprint density at radius 3 is 2.47 bits per heavy atom. The smallest absolute Gasteiger partial charge is 0.344 e. The Morgan fingerprint density at radius 1 is 1.09 bits per heavy atom. The molecule has 32 heavy (non-hydrogen) atoms. The average molecular weight is 464 g/mol. The van der Waals surface area contributed by atoms with E-state index in [1.54, 1.807) is 38.1 Å². The molecule has 2 rings (SSSR count). The molecule has 0 radical (unpaired) electrons. The fourth-order valence-electron chi connectivity index (χ4n) is 2.67. The summed E-state index contributed by atoms with van der Waals surface area (Å²) in [4.78, 5) is 39.4. The molecule has 0 atom stereocenters. The van der Waals surface area contributed by atoms with Crippen molar-refractivity contribution in [3.63, 3.8) is 0 Å². The summed E-state index contributed by atoms with van der Waals surface area (Å²) in [5.41, 5.74) is 0.438. The quantitative estimate of drug-likeness (QED) is 0.498. The minimum Gasteiger partial charge on any atom is -0.506 e. The van der Waals surface area contributed by atoms with Gasteiger partial charge in [0.15, 0.2) is 18.1 Å². The lowest BCUT2D eigenvalue weighted by atomic mass is 10.1. The van der Waals surface area contributed by atoms with Crippen LogP contribution in [0.25, 0.3) is 6.08 Å². The van der Waals surface area contributed by atoms with Crippen molar-refractivity contribution in [1.29, 1.82) is 0 Å². The zero-order valence-corrected chi connectivity index (χ0v) is 18.9. The molecule has 1 aliphatic heterocycles. The van der Waals surface area contributed by atoms with Gasteiger partial charge in [0.2, 0.25) is 5.91 Å². The van der Waals surface area contributed by atoms with Crippen LogP contribution in [0.15, 0.2) is 39.4 Å². The molecule has 172 valence electrons. The zero-order valence-electron chi connectivity index (χ0n) is 18.0. The van der Waals surface area contributed by atoms with Crippen molar-refractivity contribution in [3.05, 3.63) is 40.0 Å². The Labute approximate surface area is 189 Å². The van der Waals surface area contributed by atoms with Crippen molar-refractivity contribution in [1.82, 2.24) is 0 Å². The SMILES string of the molecule is CCCC(=O)N=C1S/C(=C\c2ccc(OCC(=O)O)c(OCC)c2)C(O)=C1C(=O)OCC. The second kappa shape index (κ2) is 11.9. The number of carbonyl (C=O) groups excluding carboxylic acids is 2. The van der Waals surface area contributed by atoms with E-state index >= 15 is 0 Å². The number of aliphatic hydroxyl groups is 1. The van der Waals surface area contributed by atoms with E-state index in [-0.39, 0.29) is 35.2 Å². The highest BCUT2D eigenvalue weighted by Crippen LogP contribution is 2.40. The number of nitrogens with zero attached hydrogens (tertiary/aromatic N) is 1. The molecule has 0 unspecified atom stereocenters. The molecule has 1 heterocycles. The van der Waals surface area contributed by atoms with Crippen LogP contribution in [0.1, 0.15) is 39.2 Å². The number of ether oxygens (including phenoxy) is 3. The second-order valence-electron chi connectivity index (χ2n) is 6.44. The van der Waals surface area contributed by atoms with Crippen molar-refractivity contribution in [2.45, 2.75) is 33.6 Å². The molecule has 0 bridgehead atoms. The Balaban J connectivity index is 2.43. The number of carboxylic acid groups (broad SMARTS) is 1. The van der Waals surface area contributed by atoms with Crippen LogP contribution >= 0.6 is 11.8 Å². The highest BCUT2D eigenvalue weighted by Gasteiger charge is 2.33. The maximum absolute atomic E-state index is 12.4. The predicted molar refractivity (Wildman–Crippen MR) is 120 cm³/mol. The lowest BCUT2D eigenvalue weighted by molar-refractivity contribution is -0.139. The molecule has 0 aliphatic carbocycles. The van der Waals surface area contributed by atoms with E-state index in [0.717, 1.165) is 11.8 Å². The molecule has 1 aliphatic rings. The van der Waals surface area contributed by atoms with Crippen LogP contribution in [-0.2, 0) is 19.1 Å². The molecule has 0 aromatic heterocycles. The minimum atomic E-state index is -1.12. The molecule has 1 amide bonds. The number of benzene rings is 1. The summed E-state index contributed by atoms with van der Waals surface area (Å²) in [6.07, 6.45) is 2.41. The van der Waals surface area contributed by atoms with Gasteiger partial charge in [0.1, 0.15) is 16.4 Å². The predicted octanol–water partition coefficient (Wildman–Crippen LogP) is 3.74. The van der Waals surface area contributed by atoms with Gasteiger partial charge >= 0.3 is 11.9 Å². The van der Waals surface area contributed by atoms with Gasteiger partial charge in [-0.3, -0.25) is 4.79 Å². The topological polar surface area (TPSA) is 132 Å². The lowest BCUT2D eigenvalue weighted by Gasteiger charge is -2.11. The Kier molecular flexibility index (Phi) is 9.33. The summed E-state index contributed by atoms with van der Waals surface area (Å²) in [6, 6.07) is 4.80. The van der Waals surface area contributed by atoms with Crippen LogP contribution in [0.4, 0.5) is 0 Å². The minimum absolute atomic E-state index is 0.0806. The van der Waals surface area contributed by atoms with Crippen LogP contribution in [0.3, 0.4) is 0 Å². The number of hydrogen-bond donors (Lipinski definition) is 2. The normalized spacial score (nSPS) is 15.8. The summed E-state index contributed by atoms with van der Waals surface area (Å²) in [7, 11) is 0. The summed E-state index contributed by atoms with van der Waals surface area (Å²) >= 11 is 0.983. The third kappa shape index (κ3) is 6.61. The third-order valence-electron chi connectivity index (χ3n) is 3.98. The molecule has 10 heteroatoms. The third-order valence-corrected chi connectivity index (χ3v) is 5.00. The zero-order chi connectivity index (χ0) is 23.7. The first-order valence-electron chi connectivity index (χ1n) is 10.0. The van der Waals surface area contributed by atoms with E-state index in [0.29, 0.717) is 29.2 Å². The monoisotopic (exact) mass is 463 g/mol. The fourth-order valence-corrected chi connectivity index (χ4v) is 3.70. The van der Waals surface area contributed by atoms with Crippen molar-refractivity contribution >= 4 is 40.7 Å². The van der Waals surface area contributed by atoms with Crippen molar-refractivity contribution in [2.24, 2.45) is 4.99 Å². The number of thioether (sulfide) groups is 1. The van der Waals surface area contributed by atoms with E-state index in [2.05, 4.69) is 4.99 Å². The van der Waals surface area contributed by atoms with Crippen LogP contribution in [-0.4, -0.2) is 52.9 Å². The molecule has 0 saturated carbocycles. The van der Waals surface area contributed by atoms with Gasteiger partial charge in [-0.1, -0.05) is 24.8 Å². The average Bonchev–Trinajstić information content (AvgIpc) is 3.02. The standard InChI is InChI=1S/C22H25NO8S/c1-4-7-17(24)23-21-19(22(28)30-6-3)20(27)16(32-21)11-13-8-9-14(31-12-18(25)26)15(10-13)29-5-2/h8-11,27H,4-7,12H2,1-3H3,(H,25,26)/b16-11-,23-21?. The lowest BCUT2D eigenvalue weighted by Crippen LogP contribution is -2.14. The number of carbonyl (C=O) groups is 3. The Bertz CT molecular complexity index is 980. The van der Waals surface area contributed by atoms with Crippen molar-refractivity contribution in [3.8, 4) is 11.5 Å². The maximum Gasteiger partial charge on any atom is 0.344 e. The fraction of sp³-hybridized carbons (Fsp3) is 0.364. The number of aliphatic hydroxyl groups excluding tert-OH is 1. The van der Waals surface area contributed by atoms with Gasteiger partial charge in [-0.2, -0.15) is 0 Å². The van der Waals surface area contributed by atoms with E-state index in [1.165, 1.54) is 0 Å². The van der Waals surface area contributed by atoms with E-state index in [1.807, 2.05) is 6.92 Å². The van der Waals surface area contributed by atoms with Gasteiger partial charge in [-0.05, 0) is 44.0 Å². The first-order valence-corrected chi connectivity index (χ1v) is 10.9. The number of aliphatic imine (C=N–C) groups is 1. The van der Waals surface area contributed by atoms with Gasteiger partial charge in [0.25, 0.3) is 0 Å². The van der Waals surface area contributed by atoms with Gasteiger partial charge < -0.3 is 24.4 Å². The van der Waals surface area contributed by atoms with Crippen LogP contribution < -0.4 is 9.47 Å². The highest BCUT2D eigenvalue weighted by molar-refractivity contribution is 8.18. The highest BCUT2D eigenvalue weighted by atomic mass is 32.2. The van der Waals surface area contributed by atoms with Crippen LogP contribution in [0.5, 0.6) is 11.5 Å². The van der Waals surface area contributed by atoms with Crippen molar-refractivity contribution < 1.29 is 38.8 Å². The number of hydrogen-bond acceptors (Lipinski definition) is 8. The largest absolute Gasteiger partial charge is 0.506 e. The summed E-state index contributed by atoms with van der Waals surface area (Å²) in [6.45, 7) is 5.16. The molecule has 0 fully saturated rings. The van der Waals surface area contributed by atoms with Crippen molar-refractivity contribution in [2.75, 3.05) is 19.8 Å². The molecule has 9 nitrogen and oxygen atoms in total. The second-order valence-corrected chi connectivity index (χ2v) is 7.47. The van der Waals surface area contributed by atoms with Gasteiger partial charge in [-0.25, -0.2) is 14.6 Å². The van der Waals surface area contributed by atoms with Gasteiger partial charge in [0, 0.05) is 6.42 Å². The number of rotatable bonds is 10. The molecular weight excluding hydrogens is 438 g/mol. The number of esters is 1. The maximum atomic E-state index is 12.4. The van der Waals surface area contributed by atoms with Crippen LogP contribution in [0.2, 0.25) is 0 Å². The van der Waals surface area contributed by atoms with Gasteiger partial charge in [0.05, 0.1) is 18.1 Å².